The van der Waals surface area contributed by atoms with Gasteiger partial charge in [0, 0.05) is 16.2 Å². The Hall–Kier alpha value is -2.04. The van der Waals surface area contributed by atoms with Crippen LogP contribution in [0.15, 0.2) is 58.2 Å². The lowest BCUT2D eigenvalue weighted by atomic mass is 9.94. The fourth-order valence-corrected chi connectivity index (χ4v) is 6.01. The molecule has 2 aromatic rings. The van der Waals surface area contributed by atoms with Crippen molar-refractivity contribution in [2.75, 3.05) is 19.0 Å². The molecule has 2 heterocycles. The van der Waals surface area contributed by atoms with Crippen LogP contribution in [0.3, 0.4) is 0 Å². The van der Waals surface area contributed by atoms with E-state index < -0.39 is 34.4 Å². The van der Waals surface area contributed by atoms with Gasteiger partial charge in [-0.05, 0) is 66.0 Å². The van der Waals surface area contributed by atoms with E-state index in [0.717, 1.165) is 10.0 Å². The number of nitrogens with zero attached hydrogens (tertiary/aromatic N) is 1. The summed E-state index contributed by atoms with van der Waals surface area (Å²) in [5, 5.41) is 38.9. The number of hydrogen-bond acceptors (Lipinski definition) is 7. The lowest BCUT2D eigenvalue weighted by Crippen LogP contribution is -2.29. The second-order valence-corrected chi connectivity index (χ2v) is 10.4. The quantitative estimate of drug-likeness (QED) is 0.402. The zero-order chi connectivity index (χ0) is 22.6. The Morgan fingerprint density at radius 1 is 1.26 bits per heavy atom. The number of aliphatic hydroxyl groups excluding tert-OH is 3. The molecule has 0 bridgehead atoms. The number of aromatic nitrogens is 1. The normalized spacial score (nSPS) is 19.6. The number of phenols is 1. The molecule has 7 nitrogen and oxygen atoms in total. The summed E-state index contributed by atoms with van der Waals surface area (Å²) in [6, 6.07) is 10.4. The summed E-state index contributed by atoms with van der Waals surface area (Å²) < 4.78 is 25.3. The Morgan fingerprint density at radius 3 is 2.68 bits per heavy atom. The van der Waals surface area contributed by atoms with Crippen LogP contribution in [0.5, 0.6) is 5.75 Å². The fraction of sp³-hybridized carbons (Fsp3) is 0.318. The van der Waals surface area contributed by atoms with Crippen LogP contribution in [-0.4, -0.2) is 64.1 Å². The number of phenolic OH excluding ortho intramolecular Hbond substituents is 1. The largest absolute Gasteiger partial charge is 0.507 e. The molecule has 31 heavy (non-hydrogen) atoms. The van der Waals surface area contributed by atoms with E-state index in [9.17, 15) is 28.8 Å². The molecule has 0 spiro atoms. The molecule has 1 aromatic heterocycles. The Bertz CT molecular complexity index is 1100. The maximum atomic E-state index is 12.3. The van der Waals surface area contributed by atoms with Crippen molar-refractivity contribution >= 4 is 37.4 Å². The number of rotatable bonds is 8. The minimum absolute atomic E-state index is 0.0877. The molecule has 0 aliphatic carbocycles. The number of pyridine rings is 1. The van der Waals surface area contributed by atoms with Gasteiger partial charge in [-0.3, -0.25) is 4.98 Å². The molecular formula is C22H24BrNO6S. The Labute approximate surface area is 189 Å². The van der Waals surface area contributed by atoms with E-state index in [-0.39, 0.29) is 29.1 Å². The standard InChI is InChI=1S/C22H24BrNO6S/c23-17-5-7-19(27)15(10-17)9-14(18-3-1-2-8-24-18)4-6-20(28)22-16(11-25)13-31(29,30)21(22)12-26/h1-3,5,7-10,20-21,25-28H,4,6,11-13H2/b14-9-/t20-,21+/m1/s1. The molecule has 166 valence electrons. The van der Waals surface area contributed by atoms with Gasteiger partial charge in [0.1, 0.15) is 11.0 Å². The second kappa shape index (κ2) is 10.1. The summed E-state index contributed by atoms with van der Waals surface area (Å²) in [4.78, 5) is 4.36. The third-order valence-electron chi connectivity index (χ3n) is 5.28. The number of benzene rings is 1. The van der Waals surface area contributed by atoms with Crippen LogP contribution in [0.2, 0.25) is 0 Å². The molecule has 1 aromatic carbocycles. The van der Waals surface area contributed by atoms with Gasteiger partial charge in [0.25, 0.3) is 0 Å². The van der Waals surface area contributed by atoms with Gasteiger partial charge in [0.15, 0.2) is 9.84 Å². The molecule has 0 unspecified atom stereocenters. The summed E-state index contributed by atoms with van der Waals surface area (Å²) in [6.07, 6.45) is 2.73. The Morgan fingerprint density at radius 2 is 2.03 bits per heavy atom. The average Bonchev–Trinajstić information content (AvgIpc) is 3.03. The second-order valence-electron chi connectivity index (χ2n) is 7.34. The van der Waals surface area contributed by atoms with Crippen molar-refractivity contribution in [2.45, 2.75) is 24.2 Å². The van der Waals surface area contributed by atoms with E-state index in [1.165, 1.54) is 0 Å². The number of aromatic hydroxyl groups is 1. The third kappa shape index (κ3) is 5.42. The van der Waals surface area contributed by atoms with Gasteiger partial charge in [0.2, 0.25) is 0 Å². The van der Waals surface area contributed by atoms with Gasteiger partial charge in [-0.25, -0.2) is 8.42 Å². The van der Waals surface area contributed by atoms with E-state index in [4.69, 9.17) is 0 Å². The van der Waals surface area contributed by atoms with Crippen LogP contribution in [0.4, 0.5) is 0 Å². The van der Waals surface area contributed by atoms with Crippen molar-refractivity contribution in [1.82, 2.24) is 4.98 Å². The summed E-state index contributed by atoms with van der Waals surface area (Å²) in [6.45, 7) is -1.13. The van der Waals surface area contributed by atoms with E-state index in [2.05, 4.69) is 20.9 Å². The lowest BCUT2D eigenvalue weighted by molar-refractivity contribution is 0.188. The molecular weight excluding hydrogens is 486 g/mol. The SMILES string of the molecule is O=S1(=O)CC(CO)=C([C@H](O)CC/C(=C/c2cc(Br)ccc2O)c2ccccn2)[C@@H]1CO. The van der Waals surface area contributed by atoms with E-state index >= 15 is 0 Å². The summed E-state index contributed by atoms with van der Waals surface area (Å²) in [5.41, 5.74) is 2.37. The van der Waals surface area contributed by atoms with Crippen molar-refractivity contribution in [3.63, 3.8) is 0 Å². The number of allylic oxidation sites excluding steroid dienone is 1. The fourth-order valence-electron chi connectivity index (χ4n) is 3.75. The van der Waals surface area contributed by atoms with Gasteiger partial charge in [-0.15, -0.1) is 0 Å². The third-order valence-corrected chi connectivity index (χ3v) is 7.79. The predicted molar refractivity (Wildman–Crippen MR) is 122 cm³/mol. The highest BCUT2D eigenvalue weighted by Gasteiger charge is 2.40. The minimum atomic E-state index is -3.65. The van der Waals surface area contributed by atoms with E-state index in [0.29, 0.717) is 17.7 Å². The molecule has 0 saturated heterocycles. The first kappa shape index (κ1) is 23.6. The highest BCUT2D eigenvalue weighted by molar-refractivity contribution is 9.10. The average molecular weight is 510 g/mol. The zero-order valence-electron chi connectivity index (χ0n) is 16.6. The molecule has 0 fully saturated rings. The molecule has 1 aliphatic rings. The number of aliphatic hydroxyl groups is 3. The number of halogens is 1. The molecule has 0 saturated carbocycles. The van der Waals surface area contributed by atoms with Crippen molar-refractivity contribution in [3.8, 4) is 5.75 Å². The van der Waals surface area contributed by atoms with Gasteiger partial charge >= 0.3 is 0 Å². The van der Waals surface area contributed by atoms with Crippen molar-refractivity contribution < 1.29 is 28.8 Å². The van der Waals surface area contributed by atoms with Crippen molar-refractivity contribution in [3.05, 3.63) is 69.5 Å². The predicted octanol–water partition coefficient (Wildman–Crippen LogP) is 2.31. The van der Waals surface area contributed by atoms with Crippen molar-refractivity contribution in [2.24, 2.45) is 0 Å². The Balaban J connectivity index is 1.91. The maximum absolute atomic E-state index is 12.3. The molecule has 2 atom stereocenters. The molecule has 9 heteroatoms. The lowest BCUT2D eigenvalue weighted by Gasteiger charge is -2.19. The Kier molecular flexibility index (Phi) is 7.66. The monoisotopic (exact) mass is 509 g/mol. The highest BCUT2D eigenvalue weighted by Crippen LogP contribution is 2.33. The first-order valence-corrected chi connectivity index (χ1v) is 12.2. The topological polar surface area (TPSA) is 128 Å². The minimum Gasteiger partial charge on any atom is -0.507 e. The van der Waals surface area contributed by atoms with E-state index in [1.54, 1.807) is 36.5 Å². The first-order chi connectivity index (χ1) is 14.8. The molecule has 3 rings (SSSR count). The van der Waals surface area contributed by atoms with Crippen molar-refractivity contribution in [1.29, 1.82) is 0 Å². The van der Waals surface area contributed by atoms with Gasteiger partial charge in [-0.1, -0.05) is 22.0 Å². The van der Waals surface area contributed by atoms with Crippen LogP contribution in [0, 0.1) is 0 Å². The van der Waals surface area contributed by atoms with Crippen LogP contribution in [0.1, 0.15) is 24.1 Å². The molecule has 0 amide bonds. The summed E-state index contributed by atoms with van der Waals surface area (Å²) in [5.74, 6) is -0.277. The van der Waals surface area contributed by atoms with Crippen LogP contribution in [0.25, 0.3) is 11.6 Å². The highest BCUT2D eigenvalue weighted by atomic mass is 79.9. The van der Waals surface area contributed by atoms with Crippen LogP contribution >= 0.6 is 15.9 Å². The van der Waals surface area contributed by atoms with Crippen LogP contribution < -0.4 is 0 Å². The maximum Gasteiger partial charge on any atom is 0.163 e. The van der Waals surface area contributed by atoms with E-state index in [1.807, 2.05) is 12.1 Å². The summed E-state index contributed by atoms with van der Waals surface area (Å²) >= 11 is 3.38. The molecule has 4 N–H and O–H groups in total. The van der Waals surface area contributed by atoms with Crippen LogP contribution in [-0.2, 0) is 9.84 Å². The zero-order valence-corrected chi connectivity index (χ0v) is 19.1. The van der Waals surface area contributed by atoms with Gasteiger partial charge in [0.05, 0.1) is 30.8 Å². The smallest absolute Gasteiger partial charge is 0.163 e. The molecule has 1 aliphatic heterocycles. The summed E-state index contributed by atoms with van der Waals surface area (Å²) in [7, 11) is -3.65. The first-order valence-electron chi connectivity index (χ1n) is 9.70. The van der Waals surface area contributed by atoms with Gasteiger partial charge in [-0.2, -0.15) is 0 Å². The number of sulfone groups is 1. The van der Waals surface area contributed by atoms with Gasteiger partial charge < -0.3 is 20.4 Å². The number of hydrogen-bond donors (Lipinski definition) is 4. The molecule has 0 radical (unpaired) electrons.